The number of aliphatic hydroxyl groups excluding tert-OH is 1. The minimum atomic E-state index is -2.36. The Bertz CT molecular complexity index is 962. The molecule has 0 amide bonds. The van der Waals surface area contributed by atoms with Crippen molar-refractivity contribution < 1.29 is 23.4 Å². The maximum atomic E-state index is 12.6. The van der Waals surface area contributed by atoms with Gasteiger partial charge in [-0.2, -0.15) is 0 Å². The lowest BCUT2D eigenvalue weighted by Gasteiger charge is -2.45. The summed E-state index contributed by atoms with van der Waals surface area (Å²) in [6.07, 6.45) is -0.951. The first-order valence-electron chi connectivity index (χ1n) is 11.8. The predicted molar refractivity (Wildman–Crippen MR) is 137 cm³/mol. The summed E-state index contributed by atoms with van der Waals surface area (Å²) in [6.45, 7) is 21.0. The molecule has 0 aliphatic carbocycles. The summed E-state index contributed by atoms with van der Waals surface area (Å²) in [6, 6.07) is 1.26. The van der Waals surface area contributed by atoms with Crippen LogP contribution in [0.25, 0.3) is 0 Å². The Morgan fingerprint density at radius 2 is 1.65 bits per heavy atom. The van der Waals surface area contributed by atoms with Crippen molar-refractivity contribution in [3.05, 3.63) is 33.1 Å². The summed E-state index contributed by atoms with van der Waals surface area (Å²) in [4.78, 5) is 26.6. The second-order valence-electron chi connectivity index (χ2n) is 12.3. The summed E-state index contributed by atoms with van der Waals surface area (Å²) < 4.78 is 26.9. The lowest BCUT2D eigenvalue weighted by atomic mass is 9.97. The molecule has 1 aliphatic heterocycles. The predicted octanol–water partition coefficient (Wildman–Crippen LogP) is 3.22. The van der Waals surface area contributed by atoms with E-state index in [0.717, 1.165) is 0 Å². The fraction of sp³-hybridized carbons (Fsp3) is 0.826. The molecule has 1 aromatic rings. The highest BCUT2D eigenvalue weighted by Crippen LogP contribution is 2.46. The summed E-state index contributed by atoms with van der Waals surface area (Å²) in [7, 11) is -3.03. The van der Waals surface area contributed by atoms with Crippen LogP contribution in [0.1, 0.15) is 47.8 Å². The lowest BCUT2D eigenvalue weighted by Crippen LogP contribution is -2.59. The van der Waals surface area contributed by atoms with Crippen LogP contribution in [0, 0.1) is 0 Å². The highest BCUT2D eigenvalue weighted by atomic mass is 28.4. The average molecular weight is 517 g/mol. The van der Waals surface area contributed by atoms with E-state index >= 15 is 0 Å². The van der Waals surface area contributed by atoms with Gasteiger partial charge in [-0.05, 0) is 36.3 Å². The van der Waals surface area contributed by atoms with Gasteiger partial charge in [0.25, 0.3) is 5.56 Å². The number of aromatic amines is 1. The van der Waals surface area contributed by atoms with Crippen molar-refractivity contribution in [2.75, 3.05) is 20.3 Å². The van der Waals surface area contributed by atoms with Crippen molar-refractivity contribution in [1.29, 1.82) is 0 Å². The van der Waals surface area contributed by atoms with E-state index in [1.54, 1.807) is 0 Å². The zero-order chi connectivity index (χ0) is 26.3. The van der Waals surface area contributed by atoms with Crippen molar-refractivity contribution in [2.24, 2.45) is 0 Å². The topological polar surface area (TPSA) is 112 Å². The molecule has 1 saturated heterocycles. The minimum Gasteiger partial charge on any atom is -0.414 e. The summed E-state index contributed by atoms with van der Waals surface area (Å²) in [5.74, 6) is 0. The summed E-state index contributed by atoms with van der Waals surface area (Å²) in [5.41, 5.74) is -2.38. The second kappa shape index (κ2) is 9.76. The van der Waals surface area contributed by atoms with Crippen LogP contribution in [0.3, 0.4) is 0 Å². The fourth-order valence-electron chi connectivity index (χ4n) is 3.38. The minimum absolute atomic E-state index is 0.0477. The van der Waals surface area contributed by atoms with Crippen LogP contribution in [-0.4, -0.2) is 69.4 Å². The van der Waals surface area contributed by atoms with Gasteiger partial charge in [-0.3, -0.25) is 14.3 Å². The van der Waals surface area contributed by atoms with Crippen LogP contribution in [0.4, 0.5) is 0 Å². The van der Waals surface area contributed by atoms with E-state index in [4.69, 9.17) is 18.3 Å². The van der Waals surface area contributed by atoms with Gasteiger partial charge in [0.1, 0.15) is 17.8 Å². The Hall–Kier alpha value is -1.09. The monoisotopic (exact) mass is 516 g/mol. The van der Waals surface area contributed by atoms with Crippen LogP contribution in [-0.2, 0) is 18.3 Å². The standard InChI is InChI=1S/C23H44N2O7Si2/c1-21(2,3)33(8,9)30-15-23(14-26)18(32-34(10,11)22(4,5)6)17(29-7)19(31-23)25-13-12-16(27)24-20(25)28/h12-13,17-19,26H,14-15H2,1-11H3,(H,24,27,28)/t17-,18+,19-,23-/m1/s1. The molecule has 4 atom stereocenters. The van der Waals surface area contributed by atoms with E-state index in [-0.39, 0.29) is 23.3 Å². The Morgan fingerprint density at radius 3 is 2.09 bits per heavy atom. The van der Waals surface area contributed by atoms with Crippen LogP contribution in [0.5, 0.6) is 0 Å². The van der Waals surface area contributed by atoms with E-state index in [2.05, 4.69) is 72.7 Å². The molecule has 196 valence electrons. The van der Waals surface area contributed by atoms with Gasteiger partial charge in [0.2, 0.25) is 0 Å². The van der Waals surface area contributed by atoms with Gasteiger partial charge in [-0.25, -0.2) is 4.79 Å². The zero-order valence-electron chi connectivity index (χ0n) is 22.6. The molecule has 2 heterocycles. The third kappa shape index (κ3) is 5.66. The van der Waals surface area contributed by atoms with Crippen molar-refractivity contribution in [3.63, 3.8) is 0 Å². The van der Waals surface area contributed by atoms with Gasteiger partial charge < -0.3 is 23.4 Å². The SMILES string of the molecule is CO[C@H]1[C@H](n2ccc(=O)[nH]c2=O)O[C@](CO)(CO[Si](C)(C)C(C)(C)C)[C@H]1O[Si](C)(C)C(C)(C)C. The molecular weight excluding hydrogens is 472 g/mol. The van der Waals surface area contributed by atoms with Crippen molar-refractivity contribution >= 4 is 16.6 Å². The third-order valence-electron chi connectivity index (χ3n) is 7.83. The number of rotatable bonds is 8. The number of nitrogens with one attached hydrogen (secondary N) is 1. The molecule has 9 nitrogen and oxygen atoms in total. The van der Waals surface area contributed by atoms with Crippen molar-refractivity contribution in [1.82, 2.24) is 9.55 Å². The summed E-state index contributed by atoms with van der Waals surface area (Å²) in [5, 5.41) is 10.6. The molecule has 0 aromatic carbocycles. The molecule has 2 rings (SSSR count). The molecule has 0 bridgehead atoms. The number of hydrogen-bond acceptors (Lipinski definition) is 7. The first-order chi connectivity index (χ1) is 15.3. The first kappa shape index (κ1) is 29.1. The highest BCUT2D eigenvalue weighted by Gasteiger charge is 2.60. The van der Waals surface area contributed by atoms with E-state index in [1.165, 1.54) is 23.9 Å². The van der Waals surface area contributed by atoms with E-state index in [9.17, 15) is 14.7 Å². The van der Waals surface area contributed by atoms with Gasteiger partial charge in [0.15, 0.2) is 22.9 Å². The number of ether oxygens (including phenoxy) is 2. The maximum absolute atomic E-state index is 12.6. The smallest absolute Gasteiger partial charge is 0.330 e. The Kier molecular flexibility index (Phi) is 8.36. The molecule has 1 aromatic heterocycles. The number of H-pyrrole nitrogens is 1. The van der Waals surface area contributed by atoms with E-state index < -0.39 is 51.9 Å². The molecule has 0 spiro atoms. The third-order valence-corrected chi connectivity index (χ3v) is 16.8. The molecule has 0 unspecified atom stereocenters. The number of nitrogens with zero attached hydrogens (tertiary/aromatic N) is 1. The van der Waals surface area contributed by atoms with Crippen LogP contribution in [0.15, 0.2) is 21.9 Å². The average Bonchev–Trinajstić information content (AvgIpc) is 2.97. The number of aromatic nitrogens is 2. The number of aliphatic hydroxyl groups is 1. The fourth-order valence-corrected chi connectivity index (χ4v) is 5.76. The van der Waals surface area contributed by atoms with Crippen molar-refractivity contribution in [3.8, 4) is 0 Å². The van der Waals surface area contributed by atoms with Crippen LogP contribution in [0.2, 0.25) is 36.3 Å². The second-order valence-corrected chi connectivity index (χ2v) is 21.9. The van der Waals surface area contributed by atoms with Crippen LogP contribution < -0.4 is 11.2 Å². The molecular formula is C23H44N2O7Si2. The molecule has 34 heavy (non-hydrogen) atoms. The Balaban J connectivity index is 2.60. The number of hydrogen-bond donors (Lipinski definition) is 2. The van der Waals surface area contributed by atoms with Gasteiger partial charge >= 0.3 is 5.69 Å². The Morgan fingerprint density at radius 1 is 1.09 bits per heavy atom. The molecule has 1 aliphatic rings. The summed E-state index contributed by atoms with van der Waals surface area (Å²) >= 11 is 0. The van der Waals surface area contributed by atoms with Crippen LogP contribution >= 0.6 is 0 Å². The largest absolute Gasteiger partial charge is 0.414 e. The molecule has 1 fully saturated rings. The molecule has 2 N–H and O–H groups in total. The zero-order valence-corrected chi connectivity index (χ0v) is 24.6. The van der Waals surface area contributed by atoms with Gasteiger partial charge in [0, 0.05) is 19.4 Å². The lowest BCUT2D eigenvalue weighted by molar-refractivity contribution is -0.146. The quantitative estimate of drug-likeness (QED) is 0.510. The maximum Gasteiger partial charge on any atom is 0.330 e. The number of methoxy groups -OCH3 is 1. The van der Waals surface area contributed by atoms with E-state index in [0.29, 0.717) is 0 Å². The molecule has 0 radical (unpaired) electrons. The highest BCUT2D eigenvalue weighted by molar-refractivity contribution is 6.74. The molecule has 11 heteroatoms. The molecule has 0 saturated carbocycles. The Labute approximate surface area is 205 Å². The first-order valence-corrected chi connectivity index (χ1v) is 17.6. The normalized spacial score (nSPS) is 26.8. The van der Waals surface area contributed by atoms with Gasteiger partial charge in [0.05, 0.1) is 13.2 Å². The van der Waals surface area contributed by atoms with Gasteiger partial charge in [-0.1, -0.05) is 41.5 Å². The van der Waals surface area contributed by atoms with E-state index in [1.807, 2.05) is 0 Å². The van der Waals surface area contributed by atoms with Gasteiger partial charge in [-0.15, -0.1) is 0 Å². The van der Waals surface area contributed by atoms with Crippen molar-refractivity contribution in [2.45, 2.75) is 102 Å².